The number of carboxylic acid groups (broad SMARTS) is 1. The monoisotopic (exact) mass is 257 g/mol. The number of carbonyl (C=O) groups is 2. The summed E-state index contributed by atoms with van der Waals surface area (Å²) in [5.41, 5.74) is 0. The normalized spacial score (nSPS) is 21.1. The Labute approximate surface area is 108 Å². The zero-order valence-corrected chi connectivity index (χ0v) is 11.3. The average Bonchev–Trinajstić information content (AvgIpc) is 2.72. The number of amides is 2. The molecule has 6 nitrogen and oxygen atoms in total. The lowest BCUT2D eigenvalue weighted by atomic mass is 10.2. The van der Waals surface area contributed by atoms with Crippen molar-refractivity contribution >= 4 is 12.0 Å². The predicted octanol–water partition coefficient (Wildman–Crippen LogP) is 0.585. The van der Waals surface area contributed by atoms with Crippen LogP contribution in [0.3, 0.4) is 0 Å². The van der Waals surface area contributed by atoms with Crippen LogP contribution in [0, 0.1) is 0 Å². The second-order valence-corrected chi connectivity index (χ2v) is 5.00. The third kappa shape index (κ3) is 3.87. The van der Waals surface area contributed by atoms with Crippen LogP contribution >= 0.6 is 0 Å². The molecule has 0 aromatic carbocycles. The Morgan fingerprint density at radius 3 is 2.67 bits per heavy atom. The van der Waals surface area contributed by atoms with Crippen LogP contribution in [0.5, 0.6) is 0 Å². The summed E-state index contributed by atoms with van der Waals surface area (Å²) < 4.78 is 0. The summed E-state index contributed by atoms with van der Waals surface area (Å²) >= 11 is 0. The van der Waals surface area contributed by atoms with Gasteiger partial charge in [0.05, 0.1) is 0 Å². The van der Waals surface area contributed by atoms with Gasteiger partial charge in [0, 0.05) is 19.1 Å². The Kier molecular flexibility index (Phi) is 5.40. The van der Waals surface area contributed by atoms with E-state index in [0.717, 1.165) is 19.4 Å². The molecule has 2 N–H and O–H groups in total. The van der Waals surface area contributed by atoms with Crippen LogP contribution in [-0.2, 0) is 4.79 Å². The summed E-state index contributed by atoms with van der Waals surface area (Å²) in [6, 6.07) is -0.863. The first-order valence-corrected chi connectivity index (χ1v) is 6.40. The highest BCUT2D eigenvalue weighted by molar-refractivity contribution is 5.82. The summed E-state index contributed by atoms with van der Waals surface area (Å²) in [6.07, 6.45) is 2.36. The topological polar surface area (TPSA) is 72.9 Å². The average molecular weight is 257 g/mol. The van der Waals surface area contributed by atoms with Crippen molar-refractivity contribution in [3.63, 3.8) is 0 Å². The van der Waals surface area contributed by atoms with Crippen LogP contribution in [0.1, 0.15) is 26.2 Å². The van der Waals surface area contributed by atoms with Crippen molar-refractivity contribution in [1.82, 2.24) is 15.1 Å². The van der Waals surface area contributed by atoms with E-state index in [1.807, 2.05) is 19.0 Å². The van der Waals surface area contributed by atoms with E-state index in [1.165, 1.54) is 0 Å². The van der Waals surface area contributed by atoms with E-state index in [4.69, 9.17) is 5.11 Å². The maximum Gasteiger partial charge on any atom is 0.326 e. The van der Waals surface area contributed by atoms with Gasteiger partial charge in [-0.3, -0.25) is 0 Å². The number of likely N-dealkylation sites (tertiary alicyclic amines) is 1. The standard InChI is InChI=1S/C12H23N3O3/c1-4-10(11(16)17)13-12(18)15-7-5-6-9(15)8-14(2)3/h9-10H,4-8H2,1-3H3,(H,13,18)(H,16,17)/t9?,10-/m0/s1. The van der Waals surface area contributed by atoms with Crippen molar-refractivity contribution in [2.75, 3.05) is 27.2 Å². The van der Waals surface area contributed by atoms with Gasteiger partial charge in [-0.25, -0.2) is 9.59 Å². The molecule has 1 aliphatic heterocycles. The minimum Gasteiger partial charge on any atom is -0.480 e. The SMILES string of the molecule is CC[C@H](NC(=O)N1CCCC1CN(C)C)C(=O)O. The van der Waals surface area contributed by atoms with Crippen molar-refractivity contribution in [3.05, 3.63) is 0 Å². The first kappa shape index (κ1) is 14.8. The molecule has 1 aliphatic rings. The van der Waals surface area contributed by atoms with Crippen molar-refractivity contribution in [1.29, 1.82) is 0 Å². The van der Waals surface area contributed by atoms with Gasteiger partial charge in [-0.05, 0) is 33.4 Å². The fraction of sp³-hybridized carbons (Fsp3) is 0.833. The van der Waals surface area contributed by atoms with Crippen LogP contribution in [0.4, 0.5) is 4.79 Å². The molecule has 0 aliphatic carbocycles. The Balaban J connectivity index is 2.57. The van der Waals surface area contributed by atoms with Crippen molar-refractivity contribution < 1.29 is 14.7 Å². The van der Waals surface area contributed by atoms with E-state index in [0.29, 0.717) is 13.0 Å². The quantitative estimate of drug-likeness (QED) is 0.756. The number of urea groups is 1. The van der Waals surface area contributed by atoms with E-state index in [2.05, 4.69) is 5.32 Å². The van der Waals surface area contributed by atoms with Crippen LogP contribution in [0.2, 0.25) is 0 Å². The zero-order chi connectivity index (χ0) is 13.7. The highest BCUT2D eigenvalue weighted by Gasteiger charge is 2.30. The second kappa shape index (κ2) is 6.58. The van der Waals surface area contributed by atoms with Gasteiger partial charge in [0.1, 0.15) is 6.04 Å². The summed E-state index contributed by atoms with van der Waals surface area (Å²) in [5.74, 6) is -0.978. The first-order chi connectivity index (χ1) is 8.45. The highest BCUT2D eigenvalue weighted by atomic mass is 16.4. The van der Waals surface area contributed by atoms with Gasteiger partial charge in [-0.1, -0.05) is 6.92 Å². The number of likely N-dealkylation sites (N-methyl/N-ethyl adjacent to an activating group) is 1. The number of carboxylic acids is 1. The molecule has 1 heterocycles. The van der Waals surface area contributed by atoms with Crippen LogP contribution in [0.25, 0.3) is 0 Å². The molecule has 104 valence electrons. The smallest absolute Gasteiger partial charge is 0.326 e. The first-order valence-electron chi connectivity index (χ1n) is 6.40. The van der Waals surface area contributed by atoms with Gasteiger partial charge >= 0.3 is 12.0 Å². The highest BCUT2D eigenvalue weighted by Crippen LogP contribution is 2.17. The summed E-state index contributed by atoms with van der Waals surface area (Å²) in [7, 11) is 3.95. The molecule has 0 saturated carbocycles. The molecule has 0 spiro atoms. The van der Waals surface area contributed by atoms with Gasteiger partial charge in [0.15, 0.2) is 0 Å². The molecular weight excluding hydrogens is 234 g/mol. The predicted molar refractivity (Wildman–Crippen MR) is 68.5 cm³/mol. The van der Waals surface area contributed by atoms with Gasteiger partial charge in [-0.15, -0.1) is 0 Å². The Hall–Kier alpha value is -1.30. The fourth-order valence-corrected chi connectivity index (χ4v) is 2.28. The summed E-state index contributed by atoms with van der Waals surface area (Å²) in [5, 5.41) is 11.5. The number of hydrogen-bond acceptors (Lipinski definition) is 3. The lowest BCUT2D eigenvalue weighted by molar-refractivity contribution is -0.139. The Bertz CT molecular complexity index is 307. The third-order valence-corrected chi connectivity index (χ3v) is 3.22. The van der Waals surface area contributed by atoms with Gasteiger partial charge < -0.3 is 20.2 Å². The van der Waals surface area contributed by atoms with E-state index in [-0.39, 0.29) is 12.1 Å². The lowest BCUT2D eigenvalue weighted by Crippen LogP contribution is -2.51. The van der Waals surface area contributed by atoms with Crippen molar-refractivity contribution in [2.24, 2.45) is 0 Å². The minimum absolute atomic E-state index is 0.186. The molecule has 6 heteroatoms. The van der Waals surface area contributed by atoms with Gasteiger partial charge in [0.25, 0.3) is 0 Å². The van der Waals surface area contributed by atoms with Gasteiger partial charge in [0.2, 0.25) is 0 Å². The molecule has 0 aromatic heterocycles. The molecule has 1 saturated heterocycles. The molecule has 1 fully saturated rings. The van der Waals surface area contributed by atoms with Crippen molar-refractivity contribution in [3.8, 4) is 0 Å². The Morgan fingerprint density at radius 2 is 2.17 bits per heavy atom. The van der Waals surface area contributed by atoms with Crippen LogP contribution in [0.15, 0.2) is 0 Å². The number of aliphatic carboxylic acids is 1. The molecule has 0 aromatic rings. The van der Waals surface area contributed by atoms with Crippen molar-refractivity contribution in [2.45, 2.75) is 38.3 Å². The maximum atomic E-state index is 12.0. The molecule has 2 atom stereocenters. The molecule has 2 amide bonds. The van der Waals surface area contributed by atoms with E-state index in [1.54, 1.807) is 11.8 Å². The van der Waals surface area contributed by atoms with E-state index < -0.39 is 12.0 Å². The number of nitrogens with zero attached hydrogens (tertiary/aromatic N) is 2. The third-order valence-electron chi connectivity index (χ3n) is 3.22. The number of carbonyl (C=O) groups excluding carboxylic acids is 1. The van der Waals surface area contributed by atoms with E-state index >= 15 is 0 Å². The van der Waals surface area contributed by atoms with Crippen LogP contribution < -0.4 is 5.32 Å². The molecule has 0 bridgehead atoms. The maximum absolute atomic E-state index is 12.0. The largest absolute Gasteiger partial charge is 0.480 e. The van der Waals surface area contributed by atoms with Gasteiger partial charge in [-0.2, -0.15) is 0 Å². The fourth-order valence-electron chi connectivity index (χ4n) is 2.28. The zero-order valence-electron chi connectivity index (χ0n) is 11.3. The molecule has 1 rings (SSSR count). The number of nitrogens with one attached hydrogen (secondary N) is 1. The summed E-state index contributed by atoms with van der Waals surface area (Å²) in [6.45, 7) is 3.28. The molecule has 18 heavy (non-hydrogen) atoms. The van der Waals surface area contributed by atoms with Crippen LogP contribution in [-0.4, -0.2) is 66.2 Å². The Morgan fingerprint density at radius 1 is 1.50 bits per heavy atom. The lowest BCUT2D eigenvalue weighted by Gasteiger charge is -2.28. The number of hydrogen-bond donors (Lipinski definition) is 2. The molecular formula is C12H23N3O3. The van der Waals surface area contributed by atoms with E-state index in [9.17, 15) is 9.59 Å². The minimum atomic E-state index is -0.978. The molecule has 1 unspecified atom stereocenters. The number of rotatable bonds is 5. The molecule has 0 radical (unpaired) electrons. The second-order valence-electron chi connectivity index (χ2n) is 5.00. The summed E-state index contributed by atoms with van der Waals surface area (Å²) in [4.78, 5) is 26.7.